The van der Waals surface area contributed by atoms with E-state index in [4.69, 9.17) is 14.2 Å². The fourth-order valence-electron chi connectivity index (χ4n) is 5.85. The number of hydrogen-bond donors (Lipinski definition) is 0. The Labute approximate surface area is 297 Å². The molecule has 0 spiro atoms. The predicted molar refractivity (Wildman–Crippen MR) is 201 cm³/mol. The highest BCUT2D eigenvalue weighted by Crippen LogP contribution is 2.13. The van der Waals surface area contributed by atoms with Gasteiger partial charge in [0, 0.05) is 19.3 Å². The summed E-state index contributed by atoms with van der Waals surface area (Å²) in [5.74, 6) is -0.891. The maximum Gasteiger partial charge on any atom is 0.306 e. The third-order valence-corrected chi connectivity index (χ3v) is 9.02. The normalized spacial score (nSPS) is 12.0. The van der Waals surface area contributed by atoms with Crippen molar-refractivity contribution in [3.8, 4) is 0 Å². The van der Waals surface area contributed by atoms with Gasteiger partial charge in [0.1, 0.15) is 13.2 Å². The van der Waals surface area contributed by atoms with Crippen LogP contribution in [0.3, 0.4) is 0 Å². The quantitative estimate of drug-likeness (QED) is 0.0282. The van der Waals surface area contributed by atoms with Gasteiger partial charge in [0.05, 0.1) is 0 Å². The lowest BCUT2D eigenvalue weighted by Gasteiger charge is -2.18. The van der Waals surface area contributed by atoms with Crippen LogP contribution in [0.2, 0.25) is 0 Å². The monoisotopic (exact) mass is 679 g/mol. The average molecular weight is 679 g/mol. The molecule has 0 saturated heterocycles. The summed E-state index contributed by atoms with van der Waals surface area (Å²) >= 11 is 0. The second-order valence-electron chi connectivity index (χ2n) is 13.9. The summed E-state index contributed by atoms with van der Waals surface area (Å²) in [4.78, 5) is 37.3. The van der Waals surface area contributed by atoms with Crippen molar-refractivity contribution >= 4 is 17.9 Å². The van der Waals surface area contributed by atoms with Gasteiger partial charge < -0.3 is 14.2 Å². The highest BCUT2D eigenvalue weighted by molar-refractivity contribution is 5.71. The first-order valence-corrected chi connectivity index (χ1v) is 20.7. The van der Waals surface area contributed by atoms with E-state index in [2.05, 4.69) is 32.9 Å². The van der Waals surface area contributed by atoms with Crippen molar-refractivity contribution in [1.29, 1.82) is 0 Å². The van der Waals surface area contributed by atoms with E-state index in [0.717, 1.165) is 64.2 Å². The Morgan fingerprint density at radius 3 is 1.04 bits per heavy atom. The molecule has 48 heavy (non-hydrogen) atoms. The molecule has 0 aliphatic heterocycles. The minimum absolute atomic E-state index is 0.0706. The fraction of sp³-hybridized carbons (Fsp3) is 0.881. The molecular formula is C42H78O6. The Morgan fingerprint density at radius 1 is 0.396 bits per heavy atom. The molecule has 0 aromatic heterocycles. The van der Waals surface area contributed by atoms with E-state index in [1.165, 1.54) is 116 Å². The van der Waals surface area contributed by atoms with Gasteiger partial charge in [0.25, 0.3) is 0 Å². The van der Waals surface area contributed by atoms with Gasteiger partial charge in [-0.25, -0.2) is 0 Å². The first-order valence-electron chi connectivity index (χ1n) is 20.7. The van der Waals surface area contributed by atoms with Gasteiger partial charge >= 0.3 is 17.9 Å². The Morgan fingerprint density at radius 2 is 0.688 bits per heavy atom. The molecule has 0 heterocycles. The number of hydrogen-bond acceptors (Lipinski definition) is 6. The van der Waals surface area contributed by atoms with Crippen molar-refractivity contribution in [3.05, 3.63) is 12.2 Å². The minimum atomic E-state index is -0.761. The Kier molecular flexibility index (Phi) is 36.5. The van der Waals surface area contributed by atoms with E-state index < -0.39 is 6.10 Å². The van der Waals surface area contributed by atoms with Gasteiger partial charge in [0.2, 0.25) is 0 Å². The molecule has 0 fully saturated rings. The molecule has 0 N–H and O–H groups in total. The van der Waals surface area contributed by atoms with Gasteiger partial charge in [-0.05, 0) is 44.9 Å². The highest BCUT2D eigenvalue weighted by atomic mass is 16.6. The van der Waals surface area contributed by atoms with Gasteiger partial charge in [-0.15, -0.1) is 0 Å². The number of ether oxygens (including phenoxy) is 3. The van der Waals surface area contributed by atoms with E-state index in [0.29, 0.717) is 19.3 Å². The second kappa shape index (κ2) is 38.0. The smallest absolute Gasteiger partial charge is 0.306 e. The number of carbonyl (C=O) groups is 3. The molecule has 6 heteroatoms. The summed E-state index contributed by atoms with van der Waals surface area (Å²) in [6, 6.07) is 0. The number of rotatable bonds is 37. The minimum Gasteiger partial charge on any atom is -0.462 e. The zero-order valence-electron chi connectivity index (χ0n) is 32.0. The lowest BCUT2D eigenvalue weighted by atomic mass is 10.1. The Hall–Kier alpha value is -1.85. The topological polar surface area (TPSA) is 78.9 Å². The van der Waals surface area contributed by atoms with Crippen molar-refractivity contribution in [3.63, 3.8) is 0 Å². The number of unbranched alkanes of at least 4 members (excludes halogenated alkanes) is 24. The molecule has 1 atom stereocenters. The van der Waals surface area contributed by atoms with Gasteiger partial charge in [0.15, 0.2) is 6.10 Å². The molecule has 6 nitrogen and oxygen atoms in total. The molecule has 0 aliphatic carbocycles. The third kappa shape index (κ3) is 35.5. The van der Waals surface area contributed by atoms with E-state index in [9.17, 15) is 14.4 Å². The molecule has 0 aromatic carbocycles. The van der Waals surface area contributed by atoms with Crippen molar-refractivity contribution in [1.82, 2.24) is 0 Å². The van der Waals surface area contributed by atoms with Crippen LogP contribution in [0.4, 0.5) is 0 Å². The zero-order valence-corrected chi connectivity index (χ0v) is 32.0. The van der Waals surface area contributed by atoms with Crippen LogP contribution in [0.15, 0.2) is 12.2 Å². The van der Waals surface area contributed by atoms with E-state index >= 15 is 0 Å². The van der Waals surface area contributed by atoms with Crippen LogP contribution in [0.25, 0.3) is 0 Å². The molecule has 282 valence electrons. The van der Waals surface area contributed by atoms with E-state index in [-0.39, 0.29) is 31.1 Å². The average Bonchev–Trinajstić information content (AvgIpc) is 3.08. The molecule has 0 radical (unpaired) electrons. The molecule has 0 rings (SSSR count). The van der Waals surface area contributed by atoms with Crippen molar-refractivity contribution in [2.75, 3.05) is 13.2 Å². The van der Waals surface area contributed by atoms with Crippen molar-refractivity contribution < 1.29 is 28.6 Å². The number of esters is 3. The van der Waals surface area contributed by atoms with Crippen molar-refractivity contribution in [2.45, 2.75) is 226 Å². The van der Waals surface area contributed by atoms with Gasteiger partial charge in [-0.2, -0.15) is 0 Å². The van der Waals surface area contributed by atoms with Gasteiger partial charge in [-0.3, -0.25) is 14.4 Å². The summed E-state index contributed by atoms with van der Waals surface area (Å²) in [7, 11) is 0. The SMILES string of the molecule is CCCCCCCCC/C=C\CCCCCCCC(=O)OCC(COC(=O)CCCCCCCCC)OC(=O)CCCCCCCCC. The van der Waals surface area contributed by atoms with Crippen LogP contribution in [0, 0.1) is 0 Å². The molecule has 0 aliphatic rings. The van der Waals surface area contributed by atoms with Crippen LogP contribution in [0.1, 0.15) is 220 Å². The van der Waals surface area contributed by atoms with Crippen LogP contribution in [-0.2, 0) is 28.6 Å². The molecule has 0 bridgehead atoms. The molecule has 0 amide bonds. The molecular weight excluding hydrogens is 600 g/mol. The fourth-order valence-corrected chi connectivity index (χ4v) is 5.85. The first kappa shape index (κ1) is 46.1. The number of allylic oxidation sites excluding steroid dienone is 2. The molecule has 1 unspecified atom stereocenters. The van der Waals surface area contributed by atoms with E-state index in [1.807, 2.05) is 0 Å². The van der Waals surface area contributed by atoms with Crippen LogP contribution in [-0.4, -0.2) is 37.2 Å². The van der Waals surface area contributed by atoms with Crippen molar-refractivity contribution in [2.24, 2.45) is 0 Å². The Bertz CT molecular complexity index is 748. The van der Waals surface area contributed by atoms with Crippen LogP contribution in [0.5, 0.6) is 0 Å². The number of carbonyl (C=O) groups excluding carboxylic acids is 3. The molecule has 0 aromatic rings. The summed E-state index contributed by atoms with van der Waals surface area (Å²) < 4.78 is 16.5. The largest absolute Gasteiger partial charge is 0.462 e. The Balaban J connectivity index is 4.22. The maximum absolute atomic E-state index is 12.5. The maximum atomic E-state index is 12.5. The summed E-state index contributed by atoms with van der Waals surface area (Å²) in [6.07, 6.45) is 37.9. The zero-order chi connectivity index (χ0) is 35.2. The third-order valence-electron chi connectivity index (χ3n) is 9.02. The summed E-state index contributed by atoms with van der Waals surface area (Å²) in [5, 5.41) is 0. The van der Waals surface area contributed by atoms with Crippen LogP contribution >= 0.6 is 0 Å². The van der Waals surface area contributed by atoms with Crippen LogP contribution < -0.4 is 0 Å². The lowest BCUT2D eigenvalue weighted by molar-refractivity contribution is -0.167. The predicted octanol–water partition coefficient (Wildman–Crippen LogP) is 12.7. The van der Waals surface area contributed by atoms with E-state index in [1.54, 1.807) is 0 Å². The standard InChI is InChI=1S/C42H78O6/c1-4-7-10-13-16-17-18-19-20-21-22-23-24-27-29-32-35-41(44)47-38-39(48-42(45)36-33-30-26-15-12-9-6-3)37-46-40(43)34-31-28-25-14-11-8-5-2/h20-21,39H,4-19,22-38H2,1-3H3/b21-20-. The lowest BCUT2D eigenvalue weighted by Crippen LogP contribution is -2.30. The van der Waals surface area contributed by atoms with Gasteiger partial charge in [-0.1, -0.05) is 168 Å². The summed E-state index contributed by atoms with van der Waals surface area (Å²) in [6.45, 7) is 6.53. The highest BCUT2D eigenvalue weighted by Gasteiger charge is 2.19. The summed E-state index contributed by atoms with van der Waals surface area (Å²) in [5.41, 5.74) is 0. The molecule has 0 saturated carbocycles. The second-order valence-corrected chi connectivity index (χ2v) is 13.9. The first-order chi connectivity index (χ1) is 23.5.